The van der Waals surface area contributed by atoms with E-state index < -0.39 is 48.0 Å². The first-order valence-corrected chi connectivity index (χ1v) is 41.1. The third-order valence-electron chi connectivity index (χ3n) is 19.9. The zero-order valence-corrected chi connectivity index (χ0v) is 72.8. The van der Waals surface area contributed by atoms with Gasteiger partial charge in [-0.05, 0) is 223 Å². The Morgan fingerprint density at radius 1 is 0.250 bits per heavy atom. The van der Waals surface area contributed by atoms with Crippen molar-refractivity contribution in [3.05, 3.63) is 404 Å². The molecule has 0 radical (unpaired) electrons. The molecule has 12 aromatic carbocycles. The number of aromatic nitrogens is 12. The molecule has 0 amide bonds. The third kappa shape index (κ3) is 25.9. The topological polar surface area (TPSA) is 377 Å². The number of nitrogens with zero attached hydrogens (tertiary/aromatic N) is 12. The summed E-state index contributed by atoms with van der Waals surface area (Å²) in [4.78, 5) is 65.5. The van der Waals surface area contributed by atoms with E-state index in [4.69, 9.17) is 44.8 Å². The summed E-state index contributed by atoms with van der Waals surface area (Å²) in [7, 11) is 4.88. The van der Waals surface area contributed by atoms with Crippen LogP contribution in [0.3, 0.4) is 0 Å². The van der Waals surface area contributed by atoms with Crippen molar-refractivity contribution < 1.29 is 101 Å². The van der Waals surface area contributed by atoms with Gasteiger partial charge >= 0.3 is 48.0 Å². The fourth-order valence-corrected chi connectivity index (χ4v) is 13.1. The van der Waals surface area contributed by atoms with Crippen molar-refractivity contribution in [3.63, 3.8) is 0 Å². The Morgan fingerprint density at radius 3 is 0.919 bits per heavy atom. The van der Waals surface area contributed by atoms with Crippen LogP contribution in [0.5, 0.6) is 28.7 Å². The minimum absolute atomic E-state index is 0.0231. The molecule has 18 rings (SSSR count). The Labute approximate surface area is 773 Å². The normalized spacial score (nSPS) is 10.7. The molecule has 0 fully saturated rings. The van der Waals surface area contributed by atoms with Crippen LogP contribution in [0.1, 0.15) is 76.0 Å². The van der Waals surface area contributed by atoms with Gasteiger partial charge in [0.25, 0.3) is 0 Å². The van der Waals surface area contributed by atoms with Gasteiger partial charge in [-0.3, -0.25) is 0 Å². The highest BCUT2D eigenvalue weighted by Gasteiger charge is 2.25. The van der Waals surface area contributed by atoms with Gasteiger partial charge in [-0.2, -0.15) is 48.2 Å². The van der Waals surface area contributed by atoms with E-state index in [0.29, 0.717) is 42.0 Å². The molecule has 33 heteroatoms. The van der Waals surface area contributed by atoms with Gasteiger partial charge in [-0.15, -0.1) is 0 Å². The molecule has 0 aliphatic rings. The number of carboxylic acid groups (broad SMARTS) is 6. The van der Waals surface area contributed by atoms with Crippen molar-refractivity contribution in [2.45, 2.75) is 26.1 Å². The fourth-order valence-electron chi connectivity index (χ4n) is 13.1. The van der Waals surface area contributed by atoms with Crippen molar-refractivity contribution >= 4 is 35.8 Å². The second kappa shape index (κ2) is 43.7. The molecule has 18 aromatic rings. The minimum atomic E-state index is -3.27. The quantitative estimate of drug-likeness (QED) is 0.0289. The lowest BCUT2D eigenvalue weighted by molar-refractivity contribution is -0.159. The smallest absolute Gasteiger partial charge is 0.394 e. The maximum atomic E-state index is 13.0. The first-order chi connectivity index (χ1) is 65.4. The van der Waals surface area contributed by atoms with E-state index in [1.165, 1.54) is 51.8 Å². The van der Waals surface area contributed by atoms with Crippen LogP contribution in [-0.4, -0.2) is 159 Å². The molecule has 6 heterocycles. The molecule has 0 atom stereocenters. The van der Waals surface area contributed by atoms with Gasteiger partial charge in [0.2, 0.25) is 0 Å². The lowest BCUT2D eigenvalue weighted by Gasteiger charge is -2.13. The van der Waals surface area contributed by atoms with Crippen molar-refractivity contribution in [3.8, 4) is 130 Å². The summed E-state index contributed by atoms with van der Waals surface area (Å²) in [6.45, 7) is 1.34. The second-order valence-corrected chi connectivity index (χ2v) is 29.5. The Morgan fingerprint density at radius 2 is 0.544 bits per heavy atom. The molecule has 0 unspecified atom stereocenters. The molecule has 0 aliphatic heterocycles. The number of alkyl halides is 4. The predicted octanol–water partition coefficient (Wildman–Crippen LogP) is 21.4. The second-order valence-electron chi connectivity index (χ2n) is 29.5. The standard InChI is InChI=1S/2C18H14F2N2O3.3C17H14N2O3.C16H12N2O2/c1-18(19,20)25-16-7-3-6-15(9-16)22-11-14(10-21-22)12-4-2-5-13(8-12)17(23)24;1-18(19,20)25-16-4-2-3-15(9-16)22-11-14(10-21-22)12-5-7-13(8-6-12)17(23)24;1-22-15-8-4-12(5-9-15)16-10-11-19(18-16)14-6-2-13(3-7-14)17(20)21;1-22-15-7-3-4-12(11-15)16-8-9-19(18-16)14-6-2-5-13(10-14)17(20)21;1-22-15-4-2-3-13(11-15)16-9-10-19(18-16)14-7-5-12(6-8-14)17(20)21;19-16(20)13-6-8-14(9-7-13)18-11-10-15(17-18)12-4-2-1-3-5-12/h2*2-11H,1H3,(H,23,24);3*2-11H,1H3,(H,20,21);1-11H,(H,19,20). The van der Waals surface area contributed by atoms with E-state index in [9.17, 15) is 46.3 Å². The number of hydrogen-bond acceptors (Lipinski definition) is 17. The average Bonchev–Trinajstić information content (AvgIpc) is 1.67. The zero-order chi connectivity index (χ0) is 96.6. The Hall–Kier alpha value is -18.6. The first-order valence-electron chi connectivity index (χ1n) is 41.1. The van der Waals surface area contributed by atoms with Crippen LogP contribution in [0.25, 0.3) is 101 Å². The molecule has 136 heavy (non-hydrogen) atoms. The van der Waals surface area contributed by atoms with Crippen LogP contribution in [0.15, 0.2) is 371 Å². The maximum Gasteiger partial charge on any atom is 0.394 e. The van der Waals surface area contributed by atoms with Crippen LogP contribution in [-0.2, 0) is 0 Å². The third-order valence-corrected chi connectivity index (χ3v) is 19.9. The maximum absolute atomic E-state index is 13.0. The molecule has 0 bridgehead atoms. The molecule has 6 aromatic heterocycles. The van der Waals surface area contributed by atoms with Crippen molar-refractivity contribution in [1.29, 1.82) is 0 Å². The summed E-state index contributed by atoms with van der Waals surface area (Å²) in [6, 6.07) is 92.1. The van der Waals surface area contributed by atoms with E-state index in [2.05, 4.69) is 40.1 Å². The zero-order valence-electron chi connectivity index (χ0n) is 72.8. The van der Waals surface area contributed by atoms with E-state index >= 15 is 0 Å². The summed E-state index contributed by atoms with van der Waals surface area (Å²) in [5.74, 6) is -3.38. The number of rotatable bonds is 25. The number of carbonyl (C=O) groups is 6. The van der Waals surface area contributed by atoms with E-state index in [-0.39, 0.29) is 44.9 Å². The summed E-state index contributed by atoms with van der Waals surface area (Å²) in [5, 5.41) is 80.2. The van der Waals surface area contributed by atoms with Crippen LogP contribution < -0.4 is 23.7 Å². The molecule has 29 nitrogen and oxygen atoms in total. The van der Waals surface area contributed by atoms with Crippen molar-refractivity contribution in [1.82, 2.24) is 58.7 Å². The molecule has 0 saturated heterocycles. The fraction of sp³-hybridized carbons (Fsp3) is 0.0680. The van der Waals surface area contributed by atoms with Crippen LogP contribution in [0, 0.1) is 0 Å². The van der Waals surface area contributed by atoms with Crippen molar-refractivity contribution in [2.24, 2.45) is 0 Å². The van der Waals surface area contributed by atoms with Gasteiger partial charge in [0.1, 0.15) is 28.7 Å². The Balaban J connectivity index is 0.000000138. The number of methoxy groups -OCH3 is 3. The monoisotopic (exact) mass is 1830 g/mol. The van der Waals surface area contributed by atoms with E-state index in [1.54, 1.807) is 217 Å². The number of hydrogen-bond donors (Lipinski definition) is 6. The van der Waals surface area contributed by atoms with Crippen LogP contribution in [0.2, 0.25) is 0 Å². The molecule has 0 aliphatic carbocycles. The molecular formula is C103H82F4N12O17. The van der Waals surface area contributed by atoms with Crippen molar-refractivity contribution in [2.75, 3.05) is 21.3 Å². The molecule has 6 N–H and O–H groups in total. The summed E-state index contributed by atoms with van der Waals surface area (Å²) in [5.41, 5.74) is 15.9. The first kappa shape index (κ1) is 95.0. The number of ether oxygens (including phenoxy) is 5. The van der Waals surface area contributed by atoms with E-state index in [1.807, 2.05) is 152 Å². The Kier molecular flexibility index (Phi) is 30.5. The highest BCUT2D eigenvalue weighted by atomic mass is 19.3. The van der Waals surface area contributed by atoms with Gasteiger partial charge in [0, 0.05) is 96.5 Å². The van der Waals surface area contributed by atoms with Gasteiger partial charge < -0.3 is 54.3 Å². The lowest BCUT2D eigenvalue weighted by Crippen LogP contribution is -2.19. The highest BCUT2D eigenvalue weighted by molar-refractivity contribution is 5.91. The number of aromatic carboxylic acids is 6. The lowest BCUT2D eigenvalue weighted by atomic mass is 10.1. The van der Waals surface area contributed by atoms with Gasteiger partial charge in [-0.1, -0.05) is 97.1 Å². The van der Waals surface area contributed by atoms with Crippen LogP contribution >= 0.6 is 0 Å². The molecular weight excluding hydrogens is 1750 g/mol. The van der Waals surface area contributed by atoms with Crippen LogP contribution in [0.4, 0.5) is 17.6 Å². The predicted molar refractivity (Wildman–Crippen MR) is 498 cm³/mol. The number of benzene rings is 12. The van der Waals surface area contributed by atoms with Gasteiger partial charge in [0.15, 0.2) is 0 Å². The molecule has 0 spiro atoms. The molecule has 0 saturated carbocycles. The van der Waals surface area contributed by atoms with Gasteiger partial charge in [0.05, 0.1) is 124 Å². The molecule has 684 valence electrons. The SMILES string of the molecule is CC(F)(F)Oc1cccc(-n2cc(-c3ccc(C(=O)O)cc3)cn2)c1.CC(F)(F)Oc1cccc(-n2cc(-c3cccc(C(=O)O)c3)cn2)c1.COc1ccc(-c2ccn(-c3ccc(C(=O)O)cc3)n2)cc1.COc1cccc(-c2ccn(-c3ccc(C(=O)O)cc3)n2)c1.COc1cccc(-c2ccn(-c3cccc(C(=O)O)c3)n2)c1.O=C(O)c1ccc(-n2ccc(-c3ccccc3)n2)cc1. The van der Waals surface area contributed by atoms with Gasteiger partial charge in [-0.25, -0.2) is 56.9 Å². The Bertz CT molecular complexity index is 7170. The number of carboxylic acids is 6. The van der Waals surface area contributed by atoms with E-state index in [0.717, 1.165) is 90.5 Å². The minimum Gasteiger partial charge on any atom is -0.497 e. The highest BCUT2D eigenvalue weighted by Crippen LogP contribution is 2.32. The summed E-state index contributed by atoms with van der Waals surface area (Å²) in [6.07, 6.45) is 7.39. The largest absolute Gasteiger partial charge is 0.497 e. The number of halogens is 4. The summed E-state index contributed by atoms with van der Waals surface area (Å²) < 4.78 is 86.4. The summed E-state index contributed by atoms with van der Waals surface area (Å²) >= 11 is 0. The average molecular weight is 1840 g/mol.